The number of ether oxygens (including phenoxy) is 2. The molecule has 0 N–H and O–H groups in total. The predicted octanol–water partition coefficient (Wildman–Crippen LogP) is 10.0. The lowest BCUT2D eigenvalue weighted by molar-refractivity contribution is 0.205. The molecule has 0 amide bonds. The maximum Gasteiger partial charge on any atom is 0.138 e. The highest BCUT2D eigenvalue weighted by Crippen LogP contribution is 2.34. The van der Waals surface area contributed by atoms with Gasteiger partial charge in [-0.25, -0.2) is 0 Å². The molecule has 1 aromatic carbocycles. The zero-order chi connectivity index (χ0) is 25.4. The van der Waals surface area contributed by atoms with Gasteiger partial charge in [0.15, 0.2) is 0 Å². The SMILES string of the molecule is CCCCCC[C@H](C)Oc1ccc(-c2ccc(OCCC[C@H]3CC[C@H](CCCCC)CC3)cc2)nc1. The summed E-state index contributed by atoms with van der Waals surface area (Å²) in [4.78, 5) is 4.63. The minimum Gasteiger partial charge on any atom is -0.494 e. The van der Waals surface area contributed by atoms with Crippen LogP contribution < -0.4 is 9.47 Å². The Hall–Kier alpha value is -2.03. The quantitative estimate of drug-likeness (QED) is 0.205. The highest BCUT2D eigenvalue weighted by molar-refractivity contribution is 5.60. The molecule has 36 heavy (non-hydrogen) atoms. The molecule has 3 rings (SSSR count). The van der Waals surface area contributed by atoms with E-state index in [0.717, 1.165) is 54.0 Å². The Labute approximate surface area is 221 Å². The van der Waals surface area contributed by atoms with E-state index in [4.69, 9.17) is 9.47 Å². The van der Waals surface area contributed by atoms with E-state index >= 15 is 0 Å². The Kier molecular flexibility index (Phi) is 13.2. The van der Waals surface area contributed by atoms with Gasteiger partial charge in [-0.1, -0.05) is 84.5 Å². The largest absolute Gasteiger partial charge is 0.494 e. The van der Waals surface area contributed by atoms with Gasteiger partial charge >= 0.3 is 0 Å². The fourth-order valence-corrected chi connectivity index (χ4v) is 5.55. The van der Waals surface area contributed by atoms with Crippen LogP contribution in [-0.2, 0) is 0 Å². The molecule has 0 unspecified atom stereocenters. The Bertz CT molecular complexity index is 809. The normalized spacial score (nSPS) is 18.6. The molecule has 2 aromatic rings. The van der Waals surface area contributed by atoms with Crippen LogP contribution in [0.3, 0.4) is 0 Å². The molecule has 0 aliphatic heterocycles. The van der Waals surface area contributed by atoms with Crippen molar-refractivity contribution in [2.45, 2.75) is 123 Å². The van der Waals surface area contributed by atoms with Crippen LogP contribution in [0.1, 0.15) is 117 Å². The van der Waals surface area contributed by atoms with Crippen LogP contribution in [-0.4, -0.2) is 17.7 Å². The standard InChI is InChI=1S/C33H51NO2/c1-4-6-8-10-12-27(3)36-32-23-24-33(34-26-32)30-19-21-31(22-20-30)35-25-11-14-29-17-15-28(16-18-29)13-9-7-5-2/h19-24,26-29H,4-18,25H2,1-3H3/t27-,28-,29-/m0/s1. The number of hydrogen-bond donors (Lipinski definition) is 0. The molecule has 0 saturated heterocycles. The van der Waals surface area contributed by atoms with E-state index < -0.39 is 0 Å². The third-order valence-corrected chi connectivity index (χ3v) is 7.90. The second kappa shape index (κ2) is 16.7. The summed E-state index contributed by atoms with van der Waals surface area (Å²) in [5, 5.41) is 0. The second-order valence-electron chi connectivity index (χ2n) is 11.1. The molecule has 3 heteroatoms. The monoisotopic (exact) mass is 493 g/mol. The van der Waals surface area contributed by atoms with Gasteiger partial charge in [0.1, 0.15) is 11.5 Å². The number of benzene rings is 1. The average Bonchev–Trinajstić information content (AvgIpc) is 2.91. The van der Waals surface area contributed by atoms with Crippen LogP contribution in [0, 0.1) is 11.8 Å². The van der Waals surface area contributed by atoms with Gasteiger partial charge in [0.05, 0.1) is 24.6 Å². The van der Waals surface area contributed by atoms with Gasteiger partial charge in [0.2, 0.25) is 0 Å². The van der Waals surface area contributed by atoms with Gasteiger partial charge in [-0.15, -0.1) is 0 Å². The molecule has 3 nitrogen and oxygen atoms in total. The molecule has 200 valence electrons. The van der Waals surface area contributed by atoms with E-state index in [1.807, 2.05) is 18.3 Å². The molecule has 0 bridgehead atoms. The van der Waals surface area contributed by atoms with E-state index in [-0.39, 0.29) is 6.10 Å². The van der Waals surface area contributed by atoms with Crippen molar-refractivity contribution >= 4 is 0 Å². The summed E-state index contributed by atoms with van der Waals surface area (Å²) in [5.41, 5.74) is 2.08. The van der Waals surface area contributed by atoms with Gasteiger partial charge in [0.25, 0.3) is 0 Å². The maximum absolute atomic E-state index is 6.05. The lowest BCUT2D eigenvalue weighted by Gasteiger charge is -2.28. The summed E-state index contributed by atoms with van der Waals surface area (Å²) in [6, 6.07) is 12.4. The molecule has 1 atom stereocenters. The Morgan fingerprint density at radius 2 is 1.39 bits per heavy atom. The number of rotatable bonds is 17. The zero-order valence-corrected chi connectivity index (χ0v) is 23.4. The minimum atomic E-state index is 0.233. The smallest absolute Gasteiger partial charge is 0.138 e. The summed E-state index contributed by atoms with van der Waals surface area (Å²) < 4.78 is 12.1. The molecule has 1 fully saturated rings. The van der Waals surface area contributed by atoms with Crippen LogP contribution in [0.5, 0.6) is 11.5 Å². The fourth-order valence-electron chi connectivity index (χ4n) is 5.55. The number of nitrogens with zero attached hydrogens (tertiary/aromatic N) is 1. The molecule has 1 aliphatic carbocycles. The minimum absolute atomic E-state index is 0.233. The van der Waals surface area contributed by atoms with E-state index in [1.165, 1.54) is 83.5 Å². The molecule has 0 spiro atoms. The first-order valence-corrected chi connectivity index (χ1v) is 15.0. The van der Waals surface area contributed by atoms with Crippen molar-refractivity contribution < 1.29 is 9.47 Å². The van der Waals surface area contributed by atoms with E-state index in [1.54, 1.807) is 0 Å². The third-order valence-electron chi connectivity index (χ3n) is 7.90. The summed E-state index contributed by atoms with van der Waals surface area (Å²) in [7, 11) is 0. The molecular formula is C33H51NO2. The second-order valence-corrected chi connectivity index (χ2v) is 11.1. The topological polar surface area (TPSA) is 31.4 Å². The highest BCUT2D eigenvalue weighted by atomic mass is 16.5. The third kappa shape index (κ3) is 10.5. The molecule has 0 radical (unpaired) electrons. The van der Waals surface area contributed by atoms with Crippen LogP contribution in [0.2, 0.25) is 0 Å². The molecular weight excluding hydrogens is 442 g/mol. The van der Waals surface area contributed by atoms with Crippen molar-refractivity contribution in [2.75, 3.05) is 6.61 Å². The number of aromatic nitrogens is 1. The lowest BCUT2D eigenvalue weighted by atomic mass is 9.78. The van der Waals surface area contributed by atoms with Crippen molar-refractivity contribution in [2.24, 2.45) is 11.8 Å². The summed E-state index contributed by atoms with van der Waals surface area (Å²) in [6.07, 6.45) is 22.2. The van der Waals surface area contributed by atoms with Crippen LogP contribution in [0.15, 0.2) is 42.6 Å². The van der Waals surface area contributed by atoms with Crippen LogP contribution in [0.25, 0.3) is 11.3 Å². The number of hydrogen-bond acceptors (Lipinski definition) is 3. The lowest BCUT2D eigenvalue weighted by Crippen LogP contribution is -2.15. The maximum atomic E-state index is 6.05. The average molecular weight is 494 g/mol. The first-order valence-electron chi connectivity index (χ1n) is 15.0. The van der Waals surface area contributed by atoms with Crippen molar-refractivity contribution in [3.8, 4) is 22.8 Å². The highest BCUT2D eigenvalue weighted by Gasteiger charge is 2.20. The van der Waals surface area contributed by atoms with Gasteiger partial charge in [-0.3, -0.25) is 4.98 Å². The van der Waals surface area contributed by atoms with E-state index in [9.17, 15) is 0 Å². The molecule has 1 saturated carbocycles. The zero-order valence-electron chi connectivity index (χ0n) is 23.4. The summed E-state index contributed by atoms with van der Waals surface area (Å²) >= 11 is 0. The van der Waals surface area contributed by atoms with Gasteiger partial charge in [-0.2, -0.15) is 0 Å². The van der Waals surface area contributed by atoms with Crippen molar-refractivity contribution in [3.63, 3.8) is 0 Å². The Morgan fingerprint density at radius 1 is 0.750 bits per heavy atom. The van der Waals surface area contributed by atoms with Crippen molar-refractivity contribution in [1.82, 2.24) is 4.98 Å². The van der Waals surface area contributed by atoms with Crippen molar-refractivity contribution in [3.05, 3.63) is 42.6 Å². The number of pyridine rings is 1. The predicted molar refractivity (Wildman–Crippen MR) is 153 cm³/mol. The van der Waals surface area contributed by atoms with Gasteiger partial charge < -0.3 is 9.47 Å². The number of unbranched alkanes of at least 4 members (excludes halogenated alkanes) is 5. The van der Waals surface area contributed by atoms with Crippen molar-refractivity contribution in [1.29, 1.82) is 0 Å². The molecule has 1 aliphatic rings. The van der Waals surface area contributed by atoms with Crippen LogP contribution in [0.4, 0.5) is 0 Å². The first-order chi connectivity index (χ1) is 17.7. The van der Waals surface area contributed by atoms with E-state index in [0.29, 0.717) is 0 Å². The summed E-state index contributed by atoms with van der Waals surface area (Å²) in [5.74, 6) is 3.73. The molecule has 1 aromatic heterocycles. The van der Waals surface area contributed by atoms with Gasteiger partial charge in [0, 0.05) is 5.56 Å². The molecule has 1 heterocycles. The summed E-state index contributed by atoms with van der Waals surface area (Å²) in [6.45, 7) is 7.52. The van der Waals surface area contributed by atoms with E-state index in [2.05, 4.69) is 50.0 Å². The first kappa shape index (κ1) is 28.5. The Balaban J connectivity index is 1.32. The Morgan fingerprint density at radius 3 is 2.03 bits per heavy atom. The van der Waals surface area contributed by atoms with Crippen LogP contribution >= 0.6 is 0 Å². The fraction of sp³-hybridized carbons (Fsp3) is 0.667. The van der Waals surface area contributed by atoms with Gasteiger partial charge in [-0.05, 0) is 80.8 Å².